The number of aliphatic carboxylic acids is 1. The number of carbonyl (C=O) groups excluding carboxylic acids is 1. The maximum absolute atomic E-state index is 12.7. The second kappa shape index (κ2) is 7.32. The highest BCUT2D eigenvalue weighted by Gasteiger charge is 2.21. The molecule has 7 N–H and O–H groups in total. The molecule has 0 bridgehead atoms. The largest absolute Gasteiger partial charge is 0.481 e. The van der Waals surface area contributed by atoms with Crippen molar-refractivity contribution in [2.24, 2.45) is 17.2 Å². The van der Waals surface area contributed by atoms with E-state index in [1.165, 1.54) is 0 Å². The molecule has 0 saturated heterocycles. The first kappa shape index (κ1) is 17.1. The van der Waals surface area contributed by atoms with E-state index < -0.39 is 12.0 Å². The minimum atomic E-state index is -0.974. The minimum Gasteiger partial charge on any atom is -0.481 e. The van der Waals surface area contributed by atoms with Gasteiger partial charge in [0.15, 0.2) is 5.78 Å². The van der Waals surface area contributed by atoms with Crippen LogP contribution in [0, 0.1) is 0 Å². The summed E-state index contributed by atoms with van der Waals surface area (Å²) in [6.07, 6.45) is -0.0532. The van der Waals surface area contributed by atoms with Gasteiger partial charge in [0.05, 0.1) is 6.04 Å². The SMILES string of the molecule is NCc1ccc2c(C(=O)C(N)CCC(=O)O)c(CN)ccc2c1. The number of hydrogen-bond acceptors (Lipinski definition) is 5. The summed E-state index contributed by atoms with van der Waals surface area (Å²) in [6, 6.07) is 8.47. The van der Waals surface area contributed by atoms with Crippen LogP contribution in [0.5, 0.6) is 0 Å². The topological polar surface area (TPSA) is 132 Å². The summed E-state index contributed by atoms with van der Waals surface area (Å²) in [5.74, 6) is -1.25. The Labute approximate surface area is 134 Å². The summed E-state index contributed by atoms with van der Waals surface area (Å²) < 4.78 is 0. The van der Waals surface area contributed by atoms with Gasteiger partial charge in [-0.3, -0.25) is 9.59 Å². The molecule has 0 spiro atoms. The summed E-state index contributed by atoms with van der Waals surface area (Å²) in [5, 5.41) is 10.4. The average molecular weight is 315 g/mol. The first-order chi connectivity index (χ1) is 11.0. The first-order valence-corrected chi connectivity index (χ1v) is 7.44. The zero-order chi connectivity index (χ0) is 17.0. The van der Waals surface area contributed by atoms with Crippen LogP contribution in [0.25, 0.3) is 10.8 Å². The summed E-state index contributed by atoms with van der Waals surface area (Å²) in [6.45, 7) is 0.622. The third-order valence-electron chi connectivity index (χ3n) is 3.88. The Bertz CT molecular complexity index is 743. The fraction of sp³-hybridized carbons (Fsp3) is 0.294. The second-order valence-electron chi connectivity index (χ2n) is 5.47. The Morgan fingerprint density at radius 1 is 1.09 bits per heavy atom. The highest BCUT2D eigenvalue weighted by molar-refractivity contribution is 6.11. The Morgan fingerprint density at radius 3 is 2.43 bits per heavy atom. The van der Waals surface area contributed by atoms with Crippen LogP contribution in [0.15, 0.2) is 30.3 Å². The van der Waals surface area contributed by atoms with Gasteiger partial charge in [-0.2, -0.15) is 0 Å². The van der Waals surface area contributed by atoms with Gasteiger partial charge in [-0.15, -0.1) is 0 Å². The molecule has 0 aromatic heterocycles. The zero-order valence-corrected chi connectivity index (χ0v) is 12.8. The number of rotatable bonds is 7. The summed E-state index contributed by atoms with van der Waals surface area (Å²) >= 11 is 0. The third kappa shape index (κ3) is 3.73. The van der Waals surface area contributed by atoms with Crippen LogP contribution < -0.4 is 17.2 Å². The van der Waals surface area contributed by atoms with Crippen molar-refractivity contribution in [2.75, 3.05) is 0 Å². The Balaban J connectivity index is 2.48. The van der Waals surface area contributed by atoms with Crippen LogP contribution in [0.2, 0.25) is 0 Å². The molecule has 6 heteroatoms. The highest BCUT2D eigenvalue weighted by Crippen LogP contribution is 2.25. The maximum atomic E-state index is 12.7. The van der Waals surface area contributed by atoms with Gasteiger partial charge in [0.25, 0.3) is 0 Å². The van der Waals surface area contributed by atoms with Gasteiger partial charge in [-0.1, -0.05) is 24.3 Å². The highest BCUT2D eigenvalue weighted by atomic mass is 16.4. The van der Waals surface area contributed by atoms with Crippen LogP contribution in [-0.4, -0.2) is 22.9 Å². The van der Waals surface area contributed by atoms with E-state index in [-0.39, 0.29) is 25.2 Å². The van der Waals surface area contributed by atoms with E-state index >= 15 is 0 Å². The molecular formula is C17H21N3O3. The predicted molar refractivity (Wildman–Crippen MR) is 88.9 cm³/mol. The quantitative estimate of drug-likeness (QED) is 0.566. The van der Waals surface area contributed by atoms with Crippen molar-refractivity contribution in [1.29, 1.82) is 0 Å². The van der Waals surface area contributed by atoms with Crippen molar-refractivity contribution >= 4 is 22.5 Å². The molecule has 0 heterocycles. The number of benzene rings is 2. The van der Waals surface area contributed by atoms with E-state index in [0.717, 1.165) is 16.3 Å². The molecule has 0 aliphatic carbocycles. The summed E-state index contributed by atoms with van der Waals surface area (Å²) in [4.78, 5) is 23.4. The molecular weight excluding hydrogens is 294 g/mol. The molecule has 0 saturated carbocycles. The summed E-state index contributed by atoms with van der Waals surface area (Å²) in [5.41, 5.74) is 19.4. The average Bonchev–Trinajstić information content (AvgIpc) is 2.57. The van der Waals surface area contributed by atoms with Crippen LogP contribution in [0.1, 0.15) is 34.3 Å². The molecule has 0 fully saturated rings. The fourth-order valence-electron chi connectivity index (χ4n) is 2.61. The molecule has 0 amide bonds. The van der Waals surface area contributed by atoms with Crippen molar-refractivity contribution in [3.63, 3.8) is 0 Å². The Morgan fingerprint density at radius 2 is 1.83 bits per heavy atom. The number of carbonyl (C=O) groups is 2. The normalized spacial score (nSPS) is 12.3. The Kier molecular flexibility index (Phi) is 5.44. The minimum absolute atomic E-state index is 0.0927. The molecule has 0 aliphatic heterocycles. The number of fused-ring (bicyclic) bond motifs is 1. The number of nitrogens with two attached hydrogens (primary N) is 3. The van der Waals surface area contributed by atoms with Gasteiger partial charge in [0, 0.05) is 25.1 Å². The fourth-order valence-corrected chi connectivity index (χ4v) is 2.61. The molecule has 23 heavy (non-hydrogen) atoms. The number of hydrogen-bond donors (Lipinski definition) is 4. The van der Waals surface area contributed by atoms with E-state index in [0.29, 0.717) is 17.7 Å². The van der Waals surface area contributed by atoms with Crippen molar-refractivity contribution in [2.45, 2.75) is 32.0 Å². The summed E-state index contributed by atoms with van der Waals surface area (Å²) in [7, 11) is 0. The lowest BCUT2D eigenvalue weighted by Crippen LogP contribution is -2.32. The van der Waals surface area contributed by atoms with E-state index in [1.54, 1.807) is 6.07 Å². The lowest BCUT2D eigenvalue weighted by atomic mass is 9.91. The van der Waals surface area contributed by atoms with Crippen LogP contribution in [-0.2, 0) is 17.9 Å². The van der Waals surface area contributed by atoms with E-state index in [9.17, 15) is 9.59 Å². The molecule has 2 aromatic carbocycles. The lowest BCUT2D eigenvalue weighted by Gasteiger charge is -2.15. The van der Waals surface area contributed by atoms with Crippen molar-refractivity contribution in [1.82, 2.24) is 0 Å². The molecule has 6 nitrogen and oxygen atoms in total. The molecule has 0 aliphatic rings. The second-order valence-corrected chi connectivity index (χ2v) is 5.47. The van der Waals surface area contributed by atoms with Gasteiger partial charge in [0.1, 0.15) is 0 Å². The van der Waals surface area contributed by atoms with Gasteiger partial charge in [-0.25, -0.2) is 0 Å². The van der Waals surface area contributed by atoms with E-state index in [1.807, 2.05) is 24.3 Å². The zero-order valence-electron chi connectivity index (χ0n) is 12.8. The predicted octanol–water partition coefficient (Wildman–Crippen LogP) is 1.13. The van der Waals surface area contributed by atoms with Crippen molar-refractivity contribution in [3.05, 3.63) is 47.0 Å². The van der Waals surface area contributed by atoms with Crippen molar-refractivity contribution < 1.29 is 14.7 Å². The molecule has 2 rings (SSSR count). The number of Topliss-reactive ketones (excluding diaryl/α,β-unsaturated/α-hetero) is 1. The standard InChI is InChI=1S/C17H21N3O3/c18-8-10-1-4-13-11(7-10)2-3-12(9-19)16(13)17(23)14(20)5-6-15(21)22/h1-4,7,14H,5-6,8-9,18-20H2,(H,21,22). The molecule has 1 unspecified atom stereocenters. The monoisotopic (exact) mass is 315 g/mol. The third-order valence-corrected chi connectivity index (χ3v) is 3.88. The van der Waals surface area contributed by atoms with Gasteiger partial charge in [-0.05, 0) is 34.4 Å². The van der Waals surface area contributed by atoms with Gasteiger partial charge < -0.3 is 22.3 Å². The van der Waals surface area contributed by atoms with Gasteiger partial charge in [0.2, 0.25) is 0 Å². The van der Waals surface area contributed by atoms with Crippen LogP contribution in [0.3, 0.4) is 0 Å². The number of carboxylic acid groups (broad SMARTS) is 1. The smallest absolute Gasteiger partial charge is 0.303 e. The Hall–Kier alpha value is -2.28. The molecule has 122 valence electrons. The maximum Gasteiger partial charge on any atom is 0.303 e. The molecule has 0 radical (unpaired) electrons. The van der Waals surface area contributed by atoms with Crippen LogP contribution in [0.4, 0.5) is 0 Å². The first-order valence-electron chi connectivity index (χ1n) is 7.44. The van der Waals surface area contributed by atoms with E-state index in [4.69, 9.17) is 22.3 Å². The molecule has 1 atom stereocenters. The van der Waals surface area contributed by atoms with Crippen molar-refractivity contribution in [3.8, 4) is 0 Å². The van der Waals surface area contributed by atoms with Gasteiger partial charge >= 0.3 is 5.97 Å². The number of ketones is 1. The van der Waals surface area contributed by atoms with E-state index in [2.05, 4.69) is 0 Å². The van der Waals surface area contributed by atoms with Crippen LogP contribution >= 0.6 is 0 Å². The molecule has 2 aromatic rings. The number of carboxylic acids is 1. The lowest BCUT2D eigenvalue weighted by molar-refractivity contribution is -0.137.